The second kappa shape index (κ2) is 5.14. The van der Waals surface area contributed by atoms with Gasteiger partial charge in [-0.2, -0.15) is 26.3 Å². The summed E-state index contributed by atoms with van der Waals surface area (Å²) < 4.78 is 80.7. The molecule has 1 aromatic rings. The van der Waals surface area contributed by atoms with E-state index in [0.717, 1.165) is 6.07 Å². The fourth-order valence-corrected chi connectivity index (χ4v) is 1.06. The summed E-state index contributed by atoms with van der Waals surface area (Å²) in [7, 11) is 0. The number of hydrogen-bond acceptors (Lipinski definition) is 4. The lowest BCUT2D eigenvalue weighted by Gasteiger charge is -2.22. The van der Waals surface area contributed by atoms with Gasteiger partial charge in [0.2, 0.25) is 6.10 Å². The number of ether oxygens (including phenoxy) is 1. The van der Waals surface area contributed by atoms with Gasteiger partial charge >= 0.3 is 12.4 Å². The van der Waals surface area contributed by atoms with Crippen molar-refractivity contribution in [3.63, 3.8) is 0 Å². The Hall–Kier alpha value is -1.29. The van der Waals surface area contributed by atoms with Gasteiger partial charge in [-0.3, -0.25) is 0 Å². The Morgan fingerprint density at radius 3 is 2.17 bits per heavy atom. The Labute approximate surface area is 96.7 Å². The van der Waals surface area contributed by atoms with E-state index in [9.17, 15) is 26.3 Å². The topological polar surface area (TPSA) is 61.3 Å². The summed E-state index contributed by atoms with van der Waals surface area (Å²) in [6, 6.07) is 1.11. The van der Waals surface area contributed by atoms with Crippen LogP contribution in [0.4, 0.5) is 26.3 Å². The Morgan fingerprint density at radius 1 is 1.22 bits per heavy atom. The zero-order valence-corrected chi connectivity index (χ0v) is 8.68. The summed E-state index contributed by atoms with van der Waals surface area (Å²) in [5.74, 6) is -0.269. The van der Waals surface area contributed by atoms with Gasteiger partial charge in [0.25, 0.3) is 0 Å². The lowest BCUT2D eigenvalue weighted by molar-refractivity contribution is -0.325. The highest BCUT2D eigenvalue weighted by Gasteiger charge is 2.58. The van der Waals surface area contributed by atoms with E-state index in [2.05, 4.69) is 14.4 Å². The lowest BCUT2D eigenvalue weighted by atomic mass is 10.3. The third kappa shape index (κ3) is 3.88. The maximum atomic E-state index is 12.1. The van der Waals surface area contributed by atoms with Crippen LogP contribution in [0.25, 0.3) is 0 Å². The minimum atomic E-state index is -5.55. The quantitative estimate of drug-likeness (QED) is 0.857. The third-order valence-electron chi connectivity index (χ3n) is 1.80. The average molecular weight is 278 g/mol. The first kappa shape index (κ1) is 14.8. The molecule has 2 N–H and O–H groups in total. The number of hydrogen-bond donors (Lipinski definition) is 1. The molecule has 0 saturated carbocycles. The van der Waals surface area contributed by atoms with E-state index in [1.54, 1.807) is 0 Å². The highest BCUT2D eigenvalue weighted by molar-refractivity contribution is 5.03. The van der Waals surface area contributed by atoms with Crippen LogP contribution in [0.5, 0.6) is 0 Å². The van der Waals surface area contributed by atoms with Gasteiger partial charge in [-0.25, -0.2) is 0 Å². The highest BCUT2D eigenvalue weighted by atomic mass is 19.4. The van der Waals surface area contributed by atoms with E-state index in [1.807, 2.05) is 0 Å². The molecule has 0 aliphatic heterocycles. The number of rotatable bonds is 4. The summed E-state index contributed by atoms with van der Waals surface area (Å²) in [5, 5.41) is 3.29. The fraction of sp³-hybridized carbons (Fsp3) is 0.625. The van der Waals surface area contributed by atoms with Gasteiger partial charge in [0.15, 0.2) is 5.76 Å². The van der Waals surface area contributed by atoms with Crippen LogP contribution in [0.2, 0.25) is 0 Å². The van der Waals surface area contributed by atoms with E-state index in [-0.39, 0.29) is 18.0 Å². The van der Waals surface area contributed by atoms with Crippen LogP contribution in [0.1, 0.15) is 11.5 Å². The van der Waals surface area contributed by atoms with Gasteiger partial charge in [-0.1, -0.05) is 5.16 Å². The monoisotopic (exact) mass is 278 g/mol. The molecule has 4 nitrogen and oxygen atoms in total. The predicted molar refractivity (Wildman–Crippen MR) is 45.1 cm³/mol. The van der Waals surface area contributed by atoms with Crippen molar-refractivity contribution < 1.29 is 35.6 Å². The standard InChI is InChI=1S/C8H8F6N2O2/c9-7(10,11)6(8(12,13)14)17-3-5-1-4(2-15)16-18-5/h1,6H,2-3,15H2. The van der Waals surface area contributed by atoms with Gasteiger partial charge in [-0.05, 0) is 0 Å². The van der Waals surface area contributed by atoms with Gasteiger partial charge in [0.05, 0.1) is 5.69 Å². The summed E-state index contributed by atoms with van der Waals surface area (Å²) in [6.45, 7) is -1.05. The van der Waals surface area contributed by atoms with Crippen LogP contribution in [-0.2, 0) is 17.9 Å². The van der Waals surface area contributed by atoms with Crippen LogP contribution in [-0.4, -0.2) is 23.6 Å². The van der Waals surface area contributed by atoms with Crippen LogP contribution >= 0.6 is 0 Å². The first-order valence-electron chi connectivity index (χ1n) is 4.54. The molecule has 0 radical (unpaired) electrons. The molecular formula is C8H8F6N2O2. The van der Waals surface area contributed by atoms with Gasteiger partial charge in [-0.15, -0.1) is 0 Å². The number of nitrogens with zero attached hydrogens (tertiary/aromatic N) is 1. The van der Waals surface area contributed by atoms with Crippen LogP contribution in [0, 0.1) is 0 Å². The van der Waals surface area contributed by atoms with Gasteiger partial charge in [0, 0.05) is 12.6 Å². The number of halogens is 6. The van der Waals surface area contributed by atoms with E-state index in [4.69, 9.17) is 5.73 Å². The molecule has 0 bridgehead atoms. The van der Waals surface area contributed by atoms with Crippen LogP contribution < -0.4 is 5.73 Å². The van der Waals surface area contributed by atoms with Crippen LogP contribution in [0.15, 0.2) is 10.6 Å². The average Bonchev–Trinajstić information content (AvgIpc) is 2.61. The van der Waals surface area contributed by atoms with Crippen molar-refractivity contribution in [2.45, 2.75) is 31.6 Å². The second-order valence-electron chi connectivity index (χ2n) is 3.26. The zero-order chi connectivity index (χ0) is 14.0. The summed E-state index contributed by atoms with van der Waals surface area (Å²) >= 11 is 0. The largest absolute Gasteiger partial charge is 0.423 e. The first-order chi connectivity index (χ1) is 8.14. The Morgan fingerprint density at radius 2 is 1.78 bits per heavy atom. The van der Waals surface area contributed by atoms with Crippen LogP contribution in [0.3, 0.4) is 0 Å². The van der Waals surface area contributed by atoms with Crippen molar-refractivity contribution in [2.75, 3.05) is 0 Å². The molecule has 0 spiro atoms. The van der Waals surface area contributed by atoms with E-state index >= 15 is 0 Å². The molecule has 10 heteroatoms. The molecular weight excluding hydrogens is 270 g/mol. The smallest absolute Gasteiger partial charge is 0.359 e. The van der Waals surface area contributed by atoms with Gasteiger partial charge < -0.3 is 15.0 Å². The molecule has 0 fully saturated rings. The Balaban J connectivity index is 2.68. The minimum Gasteiger partial charge on any atom is -0.359 e. The predicted octanol–water partition coefficient (Wildman–Crippen LogP) is 2.14. The molecule has 0 aliphatic rings. The van der Waals surface area contributed by atoms with Crippen molar-refractivity contribution in [1.82, 2.24) is 5.16 Å². The Bertz CT molecular complexity index is 372. The molecule has 0 aliphatic carbocycles. The third-order valence-corrected chi connectivity index (χ3v) is 1.80. The first-order valence-corrected chi connectivity index (χ1v) is 4.54. The van der Waals surface area contributed by atoms with Crippen molar-refractivity contribution in [2.24, 2.45) is 5.73 Å². The number of alkyl halides is 6. The molecule has 1 rings (SSSR count). The number of nitrogens with two attached hydrogens (primary N) is 1. The highest BCUT2D eigenvalue weighted by Crippen LogP contribution is 2.36. The molecule has 0 aromatic carbocycles. The fourth-order valence-electron chi connectivity index (χ4n) is 1.06. The second-order valence-corrected chi connectivity index (χ2v) is 3.26. The molecule has 0 atom stereocenters. The molecule has 0 saturated heterocycles. The van der Waals surface area contributed by atoms with Crippen molar-refractivity contribution >= 4 is 0 Å². The van der Waals surface area contributed by atoms with Crippen molar-refractivity contribution in [1.29, 1.82) is 0 Å². The lowest BCUT2D eigenvalue weighted by Crippen LogP contribution is -2.44. The SMILES string of the molecule is NCc1cc(COC(C(F)(F)F)C(F)(F)F)on1. The Kier molecular flexibility index (Phi) is 4.22. The molecule has 18 heavy (non-hydrogen) atoms. The molecule has 0 unspecified atom stereocenters. The van der Waals surface area contributed by atoms with Crippen molar-refractivity contribution in [3.05, 3.63) is 17.5 Å². The molecule has 1 aromatic heterocycles. The van der Waals surface area contributed by atoms with E-state index in [0.29, 0.717) is 0 Å². The summed E-state index contributed by atoms with van der Waals surface area (Å²) in [5.41, 5.74) is 5.33. The maximum Gasteiger partial charge on any atom is 0.423 e. The van der Waals surface area contributed by atoms with E-state index in [1.165, 1.54) is 0 Å². The zero-order valence-electron chi connectivity index (χ0n) is 8.68. The van der Waals surface area contributed by atoms with Gasteiger partial charge in [0.1, 0.15) is 6.61 Å². The summed E-state index contributed by atoms with van der Waals surface area (Å²) in [4.78, 5) is 0. The minimum absolute atomic E-state index is 0.0501. The molecule has 0 amide bonds. The summed E-state index contributed by atoms with van der Waals surface area (Å²) in [6.07, 6.45) is -15.0. The normalized spacial score (nSPS) is 13.3. The number of aromatic nitrogens is 1. The van der Waals surface area contributed by atoms with E-state index < -0.39 is 25.1 Å². The maximum absolute atomic E-state index is 12.1. The molecule has 104 valence electrons. The molecule has 1 heterocycles. The van der Waals surface area contributed by atoms with Crippen molar-refractivity contribution in [3.8, 4) is 0 Å².